The van der Waals surface area contributed by atoms with Crippen LogP contribution in [0.2, 0.25) is 0 Å². The first-order valence-corrected chi connectivity index (χ1v) is 5.26. The average molecular weight is 223 g/mol. The van der Waals surface area contributed by atoms with Crippen LogP contribution in [-0.4, -0.2) is 47.6 Å². The van der Waals surface area contributed by atoms with E-state index in [1.165, 1.54) is 0 Å². The van der Waals surface area contributed by atoms with Crippen molar-refractivity contribution in [1.29, 1.82) is 0 Å². The van der Waals surface area contributed by atoms with Gasteiger partial charge in [-0.1, -0.05) is 6.92 Å². The smallest absolute Gasteiger partial charge is 0.339 e. The van der Waals surface area contributed by atoms with Gasteiger partial charge < -0.3 is 15.3 Å². The van der Waals surface area contributed by atoms with Gasteiger partial charge in [0.25, 0.3) is 0 Å². The minimum Gasteiger partial charge on any atom is -0.478 e. The number of nitrogens with zero attached hydrogens (tertiary/aromatic N) is 2. The molecule has 0 radical (unpaired) electrons. The zero-order valence-electron chi connectivity index (χ0n) is 9.60. The van der Waals surface area contributed by atoms with Gasteiger partial charge in [-0.15, -0.1) is 0 Å². The van der Waals surface area contributed by atoms with Gasteiger partial charge in [-0.25, -0.2) is 9.78 Å². The number of pyridine rings is 1. The third-order valence-corrected chi connectivity index (χ3v) is 2.36. The van der Waals surface area contributed by atoms with Crippen LogP contribution in [0.15, 0.2) is 18.3 Å². The maximum atomic E-state index is 10.9. The van der Waals surface area contributed by atoms with E-state index in [4.69, 9.17) is 5.11 Å². The lowest BCUT2D eigenvalue weighted by Crippen LogP contribution is -2.25. The van der Waals surface area contributed by atoms with Crippen molar-refractivity contribution >= 4 is 11.8 Å². The maximum absolute atomic E-state index is 10.9. The molecule has 1 aromatic rings. The Labute approximate surface area is 95.1 Å². The SMILES string of the molecule is CCN(C)CCNc1ncccc1C(=O)O. The standard InChI is InChI=1S/C11H17N3O2/c1-3-14(2)8-7-13-10-9(11(15)16)5-4-6-12-10/h4-6H,3,7-8H2,1-2H3,(H,12,13)(H,15,16). The number of carboxylic acid groups (broad SMARTS) is 1. The number of hydrogen-bond acceptors (Lipinski definition) is 4. The lowest BCUT2D eigenvalue weighted by Gasteiger charge is -2.14. The van der Waals surface area contributed by atoms with Crippen LogP contribution in [0.3, 0.4) is 0 Å². The molecule has 0 spiro atoms. The third kappa shape index (κ3) is 3.51. The lowest BCUT2D eigenvalue weighted by atomic mass is 10.2. The highest BCUT2D eigenvalue weighted by molar-refractivity contribution is 5.92. The molecule has 0 bridgehead atoms. The van der Waals surface area contributed by atoms with E-state index >= 15 is 0 Å². The van der Waals surface area contributed by atoms with Gasteiger partial charge >= 0.3 is 5.97 Å². The Morgan fingerprint density at radius 2 is 2.38 bits per heavy atom. The topological polar surface area (TPSA) is 65.5 Å². The summed E-state index contributed by atoms with van der Waals surface area (Å²) in [5, 5.41) is 12.0. The third-order valence-electron chi connectivity index (χ3n) is 2.36. The van der Waals surface area contributed by atoms with Crippen LogP contribution in [0.25, 0.3) is 0 Å². The second kappa shape index (κ2) is 6.07. The van der Waals surface area contributed by atoms with Crippen molar-refractivity contribution in [2.24, 2.45) is 0 Å². The number of carbonyl (C=O) groups is 1. The molecule has 0 aliphatic heterocycles. The van der Waals surface area contributed by atoms with Crippen molar-refractivity contribution in [3.63, 3.8) is 0 Å². The Morgan fingerprint density at radius 1 is 1.62 bits per heavy atom. The molecule has 0 saturated carbocycles. The van der Waals surface area contributed by atoms with E-state index in [1.807, 2.05) is 7.05 Å². The molecular formula is C11H17N3O2. The van der Waals surface area contributed by atoms with Crippen LogP contribution in [0.1, 0.15) is 17.3 Å². The summed E-state index contributed by atoms with van der Waals surface area (Å²) in [6.45, 7) is 4.58. The molecule has 1 aromatic heterocycles. The summed E-state index contributed by atoms with van der Waals surface area (Å²) in [5.41, 5.74) is 0.210. The molecule has 0 unspecified atom stereocenters. The molecule has 5 heteroatoms. The van der Waals surface area contributed by atoms with E-state index in [0.29, 0.717) is 12.4 Å². The number of nitrogens with one attached hydrogen (secondary N) is 1. The first-order chi connectivity index (χ1) is 7.65. The molecule has 0 amide bonds. The highest BCUT2D eigenvalue weighted by Gasteiger charge is 2.09. The fourth-order valence-corrected chi connectivity index (χ4v) is 1.24. The average Bonchev–Trinajstić information content (AvgIpc) is 2.29. The van der Waals surface area contributed by atoms with Gasteiger partial charge in [-0.3, -0.25) is 0 Å². The second-order valence-corrected chi connectivity index (χ2v) is 3.53. The quantitative estimate of drug-likeness (QED) is 0.757. The molecule has 1 rings (SSSR count). The zero-order chi connectivity index (χ0) is 12.0. The second-order valence-electron chi connectivity index (χ2n) is 3.53. The molecule has 0 aliphatic carbocycles. The van der Waals surface area contributed by atoms with E-state index in [1.54, 1.807) is 18.3 Å². The number of aromatic nitrogens is 1. The largest absolute Gasteiger partial charge is 0.478 e. The van der Waals surface area contributed by atoms with Crippen LogP contribution in [0.5, 0.6) is 0 Å². The fraction of sp³-hybridized carbons (Fsp3) is 0.455. The molecule has 0 aliphatic rings. The number of carboxylic acids is 1. The maximum Gasteiger partial charge on any atom is 0.339 e. The Bertz CT molecular complexity index is 355. The van der Waals surface area contributed by atoms with Crippen molar-refractivity contribution in [2.45, 2.75) is 6.92 Å². The van der Waals surface area contributed by atoms with E-state index in [9.17, 15) is 4.79 Å². The zero-order valence-corrected chi connectivity index (χ0v) is 9.60. The van der Waals surface area contributed by atoms with Crippen molar-refractivity contribution in [3.8, 4) is 0 Å². The van der Waals surface area contributed by atoms with Gasteiger partial charge in [0.05, 0.1) is 0 Å². The van der Waals surface area contributed by atoms with Gasteiger partial charge in [-0.2, -0.15) is 0 Å². The molecular weight excluding hydrogens is 206 g/mol. The number of hydrogen-bond donors (Lipinski definition) is 2. The fourth-order valence-electron chi connectivity index (χ4n) is 1.24. The number of anilines is 1. The number of rotatable bonds is 6. The van der Waals surface area contributed by atoms with Crippen LogP contribution in [0.4, 0.5) is 5.82 Å². The molecule has 0 fully saturated rings. The molecule has 0 atom stereocenters. The molecule has 0 aromatic carbocycles. The van der Waals surface area contributed by atoms with Crippen LogP contribution in [-0.2, 0) is 0 Å². The van der Waals surface area contributed by atoms with Gasteiger partial charge in [0.2, 0.25) is 0 Å². The Hall–Kier alpha value is -1.62. The number of aromatic carboxylic acids is 1. The van der Waals surface area contributed by atoms with E-state index < -0.39 is 5.97 Å². The summed E-state index contributed by atoms with van der Waals surface area (Å²) >= 11 is 0. The van der Waals surface area contributed by atoms with Crippen molar-refractivity contribution < 1.29 is 9.90 Å². The summed E-state index contributed by atoms with van der Waals surface area (Å²) in [4.78, 5) is 17.0. The lowest BCUT2D eigenvalue weighted by molar-refractivity contribution is 0.0697. The van der Waals surface area contributed by atoms with Gasteiger partial charge in [0, 0.05) is 19.3 Å². The summed E-state index contributed by atoms with van der Waals surface area (Å²) < 4.78 is 0. The molecule has 88 valence electrons. The Morgan fingerprint density at radius 3 is 3.00 bits per heavy atom. The Kier molecular flexibility index (Phi) is 4.72. The summed E-state index contributed by atoms with van der Waals surface area (Å²) in [6.07, 6.45) is 1.58. The predicted octanol–water partition coefficient (Wildman–Crippen LogP) is 1.14. The first-order valence-electron chi connectivity index (χ1n) is 5.26. The molecule has 5 nitrogen and oxygen atoms in total. The van der Waals surface area contributed by atoms with Gasteiger partial charge in [-0.05, 0) is 25.7 Å². The summed E-state index contributed by atoms with van der Waals surface area (Å²) in [6, 6.07) is 3.16. The van der Waals surface area contributed by atoms with E-state index in [0.717, 1.165) is 13.1 Å². The van der Waals surface area contributed by atoms with Crippen LogP contribution in [0, 0.1) is 0 Å². The van der Waals surface area contributed by atoms with Crippen LogP contribution < -0.4 is 5.32 Å². The predicted molar refractivity (Wildman–Crippen MR) is 62.9 cm³/mol. The van der Waals surface area contributed by atoms with Gasteiger partial charge in [0.15, 0.2) is 0 Å². The molecule has 0 saturated heterocycles. The molecule has 1 heterocycles. The molecule has 2 N–H and O–H groups in total. The monoisotopic (exact) mass is 223 g/mol. The van der Waals surface area contributed by atoms with E-state index in [-0.39, 0.29) is 5.56 Å². The summed E-state index contributed by atoms with van der Waals surface area (Å²) in [7, 11) is 2.01. The highest BCUT2D eigenvalue weighted by Crippen LogP contribution is 2.10. The Balaban J connectivity index is 2.56. The summed E-state index contributed by atoms with van der Waals surface area (Å²) in [5.74, 6) is -0.529. The minimum atomic E-state index is -0.959. The molecule has 16 heavy (non-hydrogen) atoms. The first kappa shape index (κ1) is 12.4. The number of likely N-dealkylation sites (N-methyl/N-ethyl adjacent to an activating group) is 1. The van der Waals surface area contributed by atoms with E-state index in [2.05, 4.69) is 22.1 Å². The van der Waals surface area contributed by atoms with Gasteiger partial charge in [0.1, 0.15) is 11.4 Å². The van der Waals surface area contributed by atoms with Crippen molar-refractivity contribution in [2.75, 3.05) is 32.0 Å². The van der Waals surface area contributed by atoms with Crippen molar-refractivity contribution in [3.05, 3.63) is 23.9 Å². The van der Waals surface area contributed by atoms with Crippen molar-refractivity contribution in [1.82, 2.24) is 9.88 Å². The van der Waals surface area contributed by atoms with Crippen LogP contribution >= 0.6 is 0 Å². The highest BCUT2D eigenvalue weighted by atomic mass is 16.4. The minimum absolute atomic E-state index is 0.210. The normalized spacial score (nSPS) is 10.4.